The van der Waals surface area contributed by atoms with Crippen LogP contribution in [0.5, 0.6) is 0 Å². The molecule has 1 N–H and O–H groups in total. The second kappa shape index (κ2) is 7.09. The Labute approximate surface area is 151 Å². The van der Waals surface area contributed by atoms with Gasteiger partial charge < -0.3 is 4.90 Å². The van der Waals surface area contributed by atoms with E-state index in [0.29, 0.717) is 5.69 Å². The standard InChI is InChI=1S/C17H19IN2O2S/c18-14-4-10-17(11-5-14)23(21,22)19-15-6-8-16(9-7-15)20-12-2-1-3-13-20/h4-11,19H,1-3,12-13H2. The zero-order valence-corrected chi connectivity index (χ0v) is 15.7. The molecule has 4 nitrogen and oxygen atoms in total. The van der Waals surface area contributed by atoms with Crippen molar-refractivity contribution in [3.8, 4) is 0 Å². The first kappa shape index (κ1) is 16.6. The number of nitrogens with one attached hydrogen (secondary N) is 1. The van der Waals surface area contributed by atoms with Crippen molar-refractivity contribution in [2.45, 2.75) is 24.2 Å². The Bertz CT molecular complexity index is 752. The fourth-order valence-electron chi connectivity index (χ4n) is 2.72. The number of sulfonamides is 1. The van der Waals surface area contributed by atoms with E-state index < -0.39 is 10.0 Å². The molecule has 1 saturated heterocycles. The second-order valence-corrected chi connectivity index (χ2v) is 8.58. The molecule has 2 aromatic rings. The minimum absolute atomic E-state index is 0.276. The summed E-state index contributed by atoms with van der Waals surface area (Å²) >= 11 is 2.15. The van der Waals surface area contributed by atoms with Crippen LogP contribution in [0.25, 0.3) is 0 Å². The van der Waals surface area contributed by atoms with E-state index in [1.165, 1.54) is 19.3 Å². The molecule has 23 heavy (non-hydrogen) atoms. The first-order valence-corrected chi connectivity index (χ1v) is 10.2. The molecule has 0 radical (unpaired) electrons. The van der Waals surface area contributed by atoms with Crippen molar-refractivity contribution in [3.63, 3.8) is 0 Å². The highest BCUT2D eigenvalue weighted by molar-refractivity contribution is 14.1. The monoisotopic (exact) mass is 442 g/mol. The lowest BCUT2D eigenvalue weighted by Gasteiger charge is -2.28. The quantitative estimate of drug-likeness (QED) is 0.727. The van der Waals surface area contributed by atoms with Crippen LogP contribution in [0, 0.1) is 3.57 Å². The molecule has 122 valence electrons. The number of anilines is 2. The SMILES string of the molecule is O=S(=O)(Nc1ccc(N2CCCCC2)cc1)c1ccc(I)cc1. The fraction of sp³-hybridized carbons (Fsp3) is 0.294. The van der Waals surface area contributed by atoms with Crippen LogP contribution in [-0.4, -0.2) is 21.5 Å². The summed E-state index contributed by atoms with van der Waals surface area (Å²) in [6.45, 7) is 2.15. The van der Waals surface area contributed by atoms with Gasteiger partial charge in [-0.2, -0.15) is 0 Å². The highest BCUT2D eigenvalue weighted by Gasteiger charge is 2.15. The van der Waals surface area contributed by atoms with Crippen molar-refractivity contribution in [2.24, 2.45) is 0 Å². The lowest BCUT2D eigenvalue weighted by molar-refractivity contribution is 0.578. The molecule has 0 aromatic heterocycles. The van der Waals surface area contributed by atoms with Gasteiger partial charge in [-0.1, -0.05) is 0 Å². The molecule has 0 atom stereocenters. The Hall–Kier alpha value is -1.28. The Morgan fingerprint density at radius 2 is 1.48 bits per heavy atom. The average Bonchev–Trinajstić information content (AvgIpc) is 2.56. The Morgan fingerprint density at radius 1 is 0.870 bits per heavy atom. The van der Waals surface area contributed by atoms with Gasteiger partial charge in [0.1, 0.15) is 0 Å². The molecule has 2 aromatic carbocycles. The number of hydrogen-bond donors (Lipinski definition) is 1. The van der Waals surface area contributed by atoms with Crippen LogP contribution in [0.3, 0.4) is 0 Å². The van der Waals surface area contributed by atoms with Gasteiger partial charge in [0.2, 0.25) is 0 Å². The smallest absolute Gasteiger partial charge is 0.261 e. The number of hydrogen-bond acceptors (Lipinski definition) is 3. The van der Waals surface area contributed by atoms with Gasteiger partial charge in [0.25, 0.3) is 10.0 Å². The van der Waals surface area contributed by atoms with Crippen LogP contribution in [-0.2, 0) is 10.0 Å². The van der Waals surface area contributed by atoms with Gasteiger partial charge in [0.05, 0.1) is 4.90 Å². The predicted octanol–water partition coefficient (Wildman–Crippen LogP) is 4.08. The van der Waals surface area contributed by atoms with Crippen LogP contribution in [0.15, 0.2) is 53.4 Å². The third kappa shape index (κ3) is 4.17. The molecule has 1 heterocycles. The average molecular weight is 442 g/mol. The number of nitrogens with zero attached hydrogens (tertiary/aromatic N) is 1. The third-order valence-corrected chi connectivity index (χ3v) is 6.08. The first-order chi connectivity index (χ1) is 11.0. The molecule has 6 heteroatoms. The van der Waals surface area contributed by atoms with Gasteiger partial charge in [0, 0.05) is 28.0 Å². The van der Waals surface area contributed by atoms with Crippen molar-refractivity contribution in [3.05, 3.63) is 52.1 Å². The van der Waals surface area contributed by atoms with E-state index in [-0.39, 0.29) is 4.90 Å². The van der Waals surface area contributed by atoms with Crippen LogP contribution in [0.4, 0.5) is 11.4 Å². The molecule has 3 rings (SSSR count). The van der Waals surface area contributed by atoms with E-state index in [1.807, 2.05) is 24.3 Å². The highest BCUT2D eigenvalue weighted by Crippen LogP contribution is 2.23. The summed E-state index contributed by atoms with van der Waals surface area (Å²) in [6, 6.07) is 14.4. The fourth-order valence-corrected chi connectivity index (χ4v) is 4.14. The highest BCUT2D eigenvalue weighted by atomic mass is 127. The predicted molar refractivity (Wildman–Crippen MR) is 102 cm³/mol. The van der Waals surface area contributed by atoms with Crippen molar-refractivity contribution < 1.29 is 8.42 Å². The summed E-state index contributed by atoms with van der Waals surface area (Å²) in [5, 5.41) is 0. The van der Waals surface area contributed by atoms with Gasteiger partial charge in [-0.15, -0.1) is 0 Å². The minimum atomic E-state index is -3.53. The van der Waals surface area contributed by atoms with Crippen LogP contribution in [0.2, 0.25) is 0 Å². The summed E-state index contributed by atoms with van der Waals surface area (Å²) in [4.78, 5) is 2.62. The molecule has 1 aliphatic rings. The van der Waals surface area contributed by atoms with E-state index in [9.17, 15) is 8.42 Å². The summed E-state index contributed by atoms with van der Waals surface area (Å²) < 4.78 is 28.4. The minimum Gasteiger partial charge on any atom is -0.372 e. The Balaban J connectivity index is 1.73. The maximum Gasteiger partial charge on any atom is 0.261 e. The number of rotatable bonds is 4. The first-order valence-electron chi connectivity index (χ1n) is 7.68. The van der Waals surface area contributed by atoms with E-state index >= 15 is 0 Å². The maximum atomic E-state index is 12.4. The molecule has 0 unspecified atom stereocenters. The number of piperidine rings is 1. The Morgan fingerprint density at radius 3 is 2.09 bits per heavy atom. The molecule has 0 aliphatic carbocycles. The Kier molecular flexibility index (Phi) is 5.11. The molecule has 1 fully saturated rings. The summed E-state index contributed by atoms with van der Waals surface area (Å²) in [6.07, 6.45) is 3.74. The van der Waals surface area contributed by atoms with Gasteiger partial charge in [-0.3, -0.25) is 4.72 Å². The van der Waals surface area contributed by atoms with E-state index in [2.05, 4.69) is 32.2 Å². The van der Waals surface area contributed by atoms with Crippen molar-refractivity contribution >= 4 is 44.0 Å². The lowest BCUT2D eigenvalue weighted by Crippen LogP contribution is -2.29. The molecular weight excluding hydrogens is 423 g/mol. The molecule has 0 amide bonds. The summed E-state index contributed by atoms with van der Waals surface area (Å²) in [5.74, 6) is 0. The van der Waals surface area contributed by atoms with Crippen molar-refractivity contribution in [1.29, 1.82) is 0 Å². The summed E-state index contributed by atoms with van der Waals surface area (Å²) in [5.41, 5.74) is 1.74. The topological polar surface area (TPSA) is 49.4 Å². The van der Waals surface area contributed by atoms with Gasteiger partial charge in [-0.25, -0.2) is 8.42 Å². The molecule has 0 bridgehead atoms. The number of halogens is 1. The molecule has 0 spiro atoms. The normalized spacial score (nSPS) is 15.4. The zero-order valence-electron chi connectivity index (χ0n) is 12.7. The van der Waals surface area contributed by atoms with Crippen LogP contribution >= 0.6 is 22.6 Å². The van der Waals surface area contributed by atoms with E-state index in [0.717, 1.165) is 22.3 Å². The summed E-state index contributed by atoms with van der Waals surface area (Å²) in [7, 11) is -3.53. The lowest BCUT2D eigenvalue weighted by atomic mass is 10.1. The largest absolute Gasteiger partial charge is 0.372 e. The zero-order chi connectivity index (χ0) is 16.3. The third-order valence-electron chi connectivity index (χ3n) is 3.96. The van der Waals surface area contributed by atoms with Crippen LogP contribution in [0.1, 0.15) is 19.3 Å². The van der Waals surface area contributed by atoms with Gasteiger partial charge in [0.15, 0.2) is 0 Å². The second-order valence-electron chi connectivity index (χ2n) is 5.65. The molecule has 0 saturated carbocycles. The van der Waals surface area contributed by atoms with Crippen LogP contribution < -0.4 is 9.62 Å². The van der Waals surface area contributed by atoms with Crippen molar-refractivity contribution in [1.82, 2.24) is 0 Å². The van der Waals surface area contributed by atoms with Crippen molar-refractivity contribution in [2.75, 3.05) is 22.7 Å². The van der Waals surface area contributed by atoms with Gasteiger partial charge in [-0.05, 0) is 90.4 Å². The molecule has 1 aliphatic heterocycles. The maximum absolute atomic E-state index is 12.4. The van der Waals surface area contributed by atoms with Gasteiger partial charge >= 0.3 is 0 Å². The molecular formula is C17H19IN2O2S. The van der Waals surface area contributed by atoms with E-state index in [1.54, 1.807) is 24.3 Å². The van der Waals surface area contributed by atoms with E-state index in [4.69, 9.17) is 0 Å². The number of benzene rings is 2.